The molecule has 2 N–H and O–H groups in total. The second-order valence-electron chi connectivity index (χ2n) is 7.32. The maximum Gasteiger partial charge on any atom is 0.240 e. The molecule has 106 valence electrons. The molecule has 3 saturated heterocycles. The van der Waals surface area contributed by atoms with Crippen molar-refractivity contribution < 1.29 is 4.79 Å². The van der Waals surface area contributed by atoms with Gasteiger partial charge in [0.1, 0.15) is 0 Å². The molecule has 1 aliphatic carbocycles. The zero-order chi connectivity index (χ0) is 12.9. The minimum absolute atomic E-state index is 0.138. The third-order valence-electron chi connectivity index (χ3n) is 6.20. The van der Waals surface area contributed by atoms with Crippen LogP contribution in [0.2, 0.25) is 0 Å². The monoisotopic (exact) mass is 263 g/mol. The number of hydrogen-bond acceptors (Lipinski definition) is 3. The molecular formula is C15H25N3O. The highest BCUT2D eigenvalue weighted by Crippen LogP contribution is 2.47. The molecule has 4 fully saturated rings. The number of carbonyl (C=O) groups is 1. The first kappa shape index (κ1) is 12.2. The Kier molecular flexibility index (Phi) is 2.68. The summed E-state index contributed by atoms with van der Waals surface area (Å²) in [5, 5.41) is 6.89. The summed E-state index contributed by atoms with van der Waals surface area (Å²) in [4.78, 5) is 14.9. The molecule has 4 aliphatic rings. The van der Waals surface area contributed by atoms with Crippen molar-refractivity contribution in [3.63, 3.8) is 0 Å². The van der Waals surface area contributed by atoms with Crippen LogP contribution in [0.3, 0.4) is 0 Å². The highest BCUT2D eigenvalue weighted by atomic mass is 16.2. The van der Waals surface area contributed by atoms with E-state index in [0.717, 1.165) is 32.7 Å². The molecule has 19 heavy (non-hydrogen) atoms. The van der Waals surface area contributed by atoms with Crippen LogP contribution >= 0.6 is 0 Å². The Morgan fingerprint density at radius 1 is 1.11 bits per heavy atom. The maximum absolute atomic E-state index is 12.8. The molecule has 4 nitrogen and oxygen atoms in total. The summed E-state index contributed by atoms with van der Waals surface area (Å²) in [6.07, 6.45) is 7.61. The zero-order valence-corrected chi connectivity index (χ0v) is 11.7. The van der Waals surface area contributed by atoms with Crippen LogP contribution in [0.1, 0.15) is 38.5 Å². The molecule has 1 saturated carbocycles. The lowest BCUT2D eigenvalue weighted by molar-refractivity contribution is -0.140. The molecule has 4 heteroatoms. The second-order valence-corrected chi connectivity index (χ2v) is 7.32. The van der Waals surface area contributed by atoms with Crippen LogP contribution < -0.4 is 10.6 Å². The summed E-state index contributed by atoms with van der Waals surface area (Å²) >= 11 is 0. The summed E-state index contributed by atoms with van der Waals surface area (Å²) < 4.78 is 0. The summed E-state index contributed by atoms with van der Waals surface area (Å²) in [5.74, 6) is 0.400. The number of nitrogens with zero attached hydrogens (tertiary/aromatic N) is 1. The predicted octanol–water partition coefficient (Wildman–Crippen LogP) is 0.731. The van der Waals surface area contributed by atoms with Crippen molar-refractivity contribution in [3.05, 3.63) is 0 Å². The van der Waals surface area contributed by atoms with Gasteiger partial charge in [-0.15, -0.1) is 0 Å². The van der Waals surface area contributed by atoms with E-state index >= 15 is 0 Å². The Labute approximate surface area is 115 Å². The van der Waals surface area contributed by atoms with Crippen molar-refractivity contribution in [3.8, 4) is 0 Å². The van der Waals surface area contributed by atoms with Crippen LogP contribution in [0, 0.1) is 10.8 Å². The predicted molar refractivity (Wildman–Crippen MR) is 73.8 cm³/mol. The van der Waals surface area contributed by atoms with Gasteiger partial charge in [0.05, 0.1) is 6.04 Å². The van der Waals surface area contributed by atoms with Crippen LogP contribution in [0.5, 0.6) is 0 Å². The van der Waals surface area contributed by atoms with Gasteiger partial charge in [-0.1, -0.05) is 12.8 Å². The Morgan fingerprint density at radius 2 is 1.95 bits per heavy atom. The first-order valence-electron chi connectivity index (χ1n) is 7.96. The summed E-state index contributed by atoms with van der Waals surface area (Å²) in [6, 6.07) is 0.138. The highest BCUT2D eigenvalue weighted by molar-refractivity contribution is 5.84. The van der Waals surface area contributed by atoms with E-state index < -0.39 is 0 Å². The van der Waals surface area contributed by atoms with Gasteiger partial charge in [0.15, 0.2) is 0 Å². The fraction of sp³-hybridized carbons (Fsp3) is 0.933. The van der Waals surface area contributed by atoms with E-state index in [1.54, 1.807) is 0 Å². The second kappa shape index (κ2) is 4.19. The van der Waals surface area contributed by atoms with Gasteiger partial charge in [-0.25, -0.2) is 0 Å². The van der Waals surface area contributed by atoms with E-state index in [1.165, 1.54) is 38.5 Å². The van der Waals surface area contributed by atoms with Gasteiger partial charge in [0.2, 0.25) is 5.91 Å². The molecule has 3 heterocycles. The number of rotatable bonds is 1. The van der Waals surface area contributed by atoms with Crippen molar-refractivity contribution >= 4 is 5.91 Å². The summed E-state index contributed by atoms with van der Waals surface area (Å²) in [7, 11) is 0. The highest BCUT2D eigenvalue weighted by Gasteiger charge is 2.54. The fourth-order valence-electron chi connectivity index (χ4n) is 4.84. The molecule has 2 spiro atoms. The van der Waals surface area contributed by atoms with E-state index in [2.05, 4.69) is 15.5 Å². The first-order valence-corrected chi connectivity index (χ1v) is 7.96. The Hall–Kier alpha value is -0.610. The molecule has 2 unspecified atom stereocenters. The number of hydrogen-bond donors (Lipinski definition) is 2. The van der Waals surface area contributed by atoms with Gasteiger partial charge in [-0.05, 0) is 32.2 Å². The lowest BCUT2D eigenvalue weighted by atomic mass is 9.71. The quantitative estimate of drug-likeness (QED) is 0.733. The molecule has 0 radical (unpaired) electrons. The van der Waals surface area contributed by atoms with Crippen LogP contribution in [0.25, 0.3) is 0 Å². The Balaban J connectivity index is 1.44. The van der Waals surface area contributed by atoms with E-state index in [-0.39, 0.29) is 6.04 Å². The van der Waals surface area contributed by atoms with Gasteiger partial charge in [-0.2, -0.15) is 0 Å². The number of nitrogens with one attached hydrogen (secondary N) is 2. The number of carbonyl (C=O) groups excluding carboxylic acids is 1. The third-order valence-corrected chi connectivity index (χ3v) is 6.20. The Bertz CT molecular complexity index is 383. The van der Waals surface area contributed by atoms with Crippen molar-refractivity contribution in [2.75, 3.05) is 32.7 Å². The molecule has 0 bridgehead atoms. The lowest BCUT2D eigenvalue weighted by Gasteiger charge is -2.48. The normalized spacial score (nSPS) is 40.2. The van der Waals surface area contributed by atoms with Crippen molar-refractivity contribution in [1.82, 2.24) is 15.5 Å². The lowest BCUT2D eigenvalue weighted by Crippen LogP contribution is -2.67. The minimum Gasteiger partial charge on any atom is -0.341 e. The molecule has 0 aromatic rings. The first-order chi connectivity index (χ1) is 9.23. The third kappa shape index (κ3) is 1.76. The average Bonchev–Trinajstić information content (AvgIpc) is 3.11. The molecule has 3 aliphatic heterocycles. The van der Waals surface area contributed by atoms with Crippen LogP contribution in [-0.2, 0) is 4.79 Å². The van der Waals surface area contributed by atoms with Gasteiger partial charge in [0.25, 0.3) is 0 Å². The van der Waals surface area contributed by atoms with E-state index in [4.69, 9.17) is 0 Å². The standard InChI is InChI=1S/C15H25N3O/c19-13(12-15(10-17-12)3-1-2-4-15)18-8-6-14(11-18)5-7-16-9-14/h12,16-17H,1-11H2. The zero-order valence-electron chi connectivity index (χ0n) is 11.7. The molecule has 2 atom stereocenters. The molecule has 0 aromatic heterocycles. The fourth-order valence-corrected chi connectivity index (χ4v) is 4.84. The molecule has 0 aromatic carbocycles. The topological polar surface area (TPSA) is 44.4 Å². The molecule has 4 rings (SSSR count). The van der Waals surface area contributed by atoms with E-state index in [1.807, 2.05) is 0 Å². The van der Waals surface area contributed by atoms with Crippen LogP contribution in [0.4, 0.5) is 0 Å². The summed E-state index contributed by atoms with van der Waals surface area (Å²) in [5.41, 5.74) is 0.739. The van der Waals surface area contributed by atoms with Crippen LogP contribution in [-0.4, -0.2) is 49.6 Å². The van der Waals surface area contributed by atoms with E-state index in [9.17, 15) is 4.79 Å². The SMILES string of the molecule is O=C(C1NCC12CCCC2)N1CCC2(CCNC2)C1. The van der Waals surface area contributed by atoms with Crippen molar-refractivity contribution in [2.45, 2.75) is 44.6 Å². The number of amides is 1. The number of likely N-dealkylation sites (tertiary alicyclic amines) is 1. The van der Waals surface area contributed by atoms with Gasteiger partial charge in [-0.3, -0.25) is 4.79 Å². The molecule has 1 amide bonds. The summed E-state index contributed by atoms with van der Waals surface area (Å²) in [6.45, 7) is 5.29. The smallest absolute Gasteiger partial charge is 0.240 e. The van der Waals surface area contributed by atoms with Gasteiger partial charge in [0, 0.05) is 37.0 Å². The van der Waals surface area contributed by atoms with Crippen molar-refractivity contribution in [1.29, 1.82) is 0 Å². The largest absolute Gasteiger partial charge is 0.341 e. The van der Waals surface area contributed by atoms with Crippen molar-refractivity contribution in [2.24, 2.45) is 10.8 Å². The minimum atomic E-state index is 0.138. The van der Waals surface area contributed by atoms with Crippen LogP contribution in [0.15, 0.2) is 0 Å². The van der Waals surface area contributed by atoms with Gasteiger partial charge < -0.3 is 15.5 Å². The van der Waals surface area contributed by atoms with Gasteiger partial charge >= 0.3 is 0 Å². The Morgan fingerprint density at radius 3 is 2.58 bits per heavy atom. The maximum atomic E-state index is 12.8. The average molecular weight is 263 g/mol. The van der Waals surface area contributed by atoms with E-state index in [0.29, 0.717) is 16.7 Å². The molecular weight excluding hydrogens is 238 g/mol.